The van der Waals surface area contributed by atoms with E-state index in [4.69, 9.17) is 9.84 Å². The zero-order valence-corrected chi connectivity index (χ0v) is 12.5. The van der Waals surface area contributed by atoms with Crippen molar-refractivity contribution in [2.45, 2.75) is 12.5 Å². The van der Waals surface area contributed by atoms with Crippen molar-refractivity contribution < 1.29 is 19.4 Å². The lowest BCUT2D eigenvalue weighted by molar-refractivity contribution is -0.159. The minimum absolute atomic E-state index is 0.0586. The molecule has 0 atom stereocenters. The number of aliphatic carboxylic acids is 1. The van der Waals surface area contributed by atoms with Crippen LogP contribution in [0.25, 0.3) is 0 Å². The minimum Gasteiger partial charge on any atom is -0.480 e. The molecule has 1 aliphatic rings. The van der Waals surface area contributed by atoms with Gasteiger partial charge in [0.25, 0.3) is 5.91 Å². The van der Waals surface area contributed by atoms with Crippen LogP contribution in [0.1, 0.15) is 17.3 Å². The second kappa shape index (κ2) is 5.73. The molecule has 6 nitrogen and oxygen atoms in total. The Bertz CT molecular complexity index is 533. The first-order chi connectivity index (χ1) is 9.81. The molecule has 1 aliphatic heterocycles. The highest BCUT2D eigenvalue weighted by atomic mass is 16.5. The van der Waals surface area contributed by atoms with Gasteiger partial charge in [-0.1, -0.05) is 0 Å². The Labute approximate surface area is 123 Å². The summed E-state index contributed by atoms with van der Waals surface area (Å²) < 4.78 is 5.29. The molecule has 0 spiro atoms. The van der Waals surface area contributed by atoms with Gasteiger partial charge in [0.15, 0.2) is 0 Å². The van der Waals surface area contributed by atoms with Crippen molar-refractivity contribution in [3.8, 4) is 0 Å². The summed E-state index contributed by atoms with van der Waals surface area (Å²) in [4.78, 5) is 26.4. The van der Waals surface area contributed by atoms with Gasteiger partial charge in [0, 0.05) is 25.3 Å². The highest BCUT2D eigenvalue weighted by Crippen LogP contribution is 2.26. The van der Waals surface area contributed by atoms with Gasteiger partial charge < -0.3 is 19.6 Å². The Morgan fingerprint density at radius 3 is 2.33 bits per heavy atom. The summed E-state index contributed by atoms with van der Waals surface area (Å²) in [6, 6.07) is 7.39. The molecule has 114 valence electrons. The van der Waals surface area contributed by atoms with Crippen molar-refractivity contribution >= 4 is 17.6 Å². The fraction of sp³-hybridized carbons (Fsp3) is 0.467. The molecular weight excluding hydrogens is 272 g/mol. The number of ether oxygens (including phenoxy) is 1. The molecule has 2 rings (SSSR count). The Morgan fingerprint density at radius 1 is 1.29 bits per heavy atom. The van der Waals surface area contributed by atoms with Crippen molar-refractivity contribution in [2.75, 3.05) is 38.7 Å². The average Bonchev–Trinajstić information content (AvgIpc) is 2.41. The molecule has 0 saturated carbocycles. The maximum absolute atomic E-state index is 12.3. The zero-order chi connectivity index (χ0) is 15.6. The van der Waals surface area contributed by atoms with Crippen LogP contribution in [0, 0.1) is 0 Å². The Hall–Kier alpha value is -2.08. The average molecular weight is 292 g/mol. The summed E-state index contributed by atoms with van der Waals surface area (Å²) in [7, 11) is 3.88. The second-order valence-electron chi connectivity index (χ2n) is 5.73. The van der Waals surface area contributed by atoms with Crippen LogP contribution in [0.15, 0.2) is 24.3 Å². The topological polar surface area (TPSA) is 70.1 Å². The molecule has 1 N–H and O–H groups in total. The van der Waals surface area contributed by atoms with E-state index in [0.717, 1.165) is 5.69 Å². The van der Waals surface area contributed by atoms with E-state index >= 15 is 0 Å². The molecule has 0 unspecified atom stereocenters. The van der Waals surface area contributed by atoms with Crippen LogP contribution in [-0.2, 0) is 9.53 Å². The van der Waals surface area contributed by atoms with Gasteiger partial charge in [-0.3, -0.25) is 4.79 Å². The molecule has 0 aliphatic carbocycles. The highest BCUT2D eigenvalue weighted by molar-refractivity contribution is 5.95. The summed E-state index contributed by atoms with van der Waals surface area (Å²) in [5.41, 5.74) is 1.10. The number of anilines is 1. The van der Waals surface area contributed by atoms with E-state index in [1.807, 2.05) is 38.1 Å². The Kier molecular flexibility index (Phi) is 4.18. The standard InChI is InChI=1S/C15H20N2O4/c1-15(21-8-13(18)19)9-17(10-15)14(20)11-4-6-12(7-5-11)16(2)3/h4-7H,8-10H2,1-3H3,(H,18,19). The van der Waals surface area contributed by atoms with E-state index < -0.39 is 11.6 Å². The van der Waals surface area contributed by atoms with Crippen molar-refractivity contribution in [1.82, 2.24) is 4.90 Å². The third kappa shape index (κ3) is 3.52. The number of carbonyl (C=O) groups excluding carboxylic acids is 1. The summed E-state index contributed by atoms with van der Waals surface area (Å²) in [6.07, 6.45) is 0. The first-order valence-electron chi connectivity index (χ1n) is 6.73. The molecule has 1 heterocycles. The molecule has 0 aromatic heterocycles. The maximum atomic E-state index is 12.3. The third-order valence-corrected chi connectivity index (χ3v) is 3.51. The summed E-state index contributed by atoms with van der Waals surface area (Å²) in [6.45, 7) is 2.30. The number of carboxylic acid groups (broad SMARTS) is 1. The number of carboxylic acids is 1. The molecule has 1 amide bonds. The molecule has 1 aromatic carbocycles. The predicted molar refractivity (Wildman–Crippen MR) is 78.7 cm³/mol. The van der Waals surface area contributed by atoms with Crippen molar-refractivity contribution in [1.29, 1.82) is 0 Å². The smallest absolute Gasteiger partial charge is 0.329 e. The second-order valence-corrected chi connectivity index (χ2v) is 5.73. The van der Waals surface area contributed by atoms with E-state index in [1.54, 1.807) is 17.0 Å². The van der Waals surface area contributed by atoms with E-state index in [-0.39, 0.29) is 12.5 Å². The monoisotopic (exact) mass is 292 g/mol. The largest absolute Gasteiger partial charge is 0.480 e. The minimum atomic E-state index is -1.000. The lowest BCUT2D eigenvalue weighted by atomic mass is 9.95. The van der Waals surface area contributed by atoms with Crippen molar-refractivity contribution in [3.63, 3.8) is 0 Å². The molecule has 1 aromatic rings. The van der Waals surface area contributed by atoms with E-state index in [0.29, 0.717) is 18.7 Å². The van der Waals surface area contributed by atoms with Gasteiger partial charge in [0.05, 0.1) is 13.1 Å². The normalized spacial score (nSPS) is 16.2. The molecule has 1 fully saturated rings. The summed E-state index contributed by atoms with van der Waals surface area (Å²) in [5.74, 6) is -1.06. The lowest BCUT2D eigenvalue weighted by Crippen LogP contribution is -2.63. The number of amides is 1. The Balaban J connectivity index is 1.92. The first kappa shape index (κ1) is 15.3. The van der Waals surface area contributed by atoms with Gasteiger partial charge in [-0.05, 0) is 31.2 Å². The number of hydrogen-bond acceptors (Lipinski definition) is 4. The number of nitrogens with zero attached hydrogens (tertiary/aromatic N) is 2. The quantitative estimate of drug-likeness (QED) is 0.879. The van der Waals surface area contributed by atoms with Crippen LogP contribution in [0.3, 0.4) is 0 Å². The van der Waals surface area contributed by atoms with Crippen molar-refractivity contribution in [3.05, 3.63) is 29.8 Å². The Morgan fingerprint density at radius 2 is 1.86 bits per heavy atom. The van der Waals surface area contributed by atoms with Gasteiger partial charge in [0.2, 0.25) is 0 Å². The SMILES string of the molecule is CN(C)c1ccc(C(=O)N2CC(C)(OCC(=O)O)C2)cc1. The fourth-order valence-corrected chi connectivity index (χ4v) is 2.32. The number of hydrogen-bond donors (Lipinski definition) is 1. The predicted octanol–water partition coefficient (Wildman–Crippen LogP) is 1.07. The number of likely N-dealkylation sites (tertiary alicyclic amines) is 1. The van der Waals surface area contributed by atoms with Gasteiger partial charge in [-0.15, -0.1) is 0 Å². The van der Waals surface area contributed by atoms with Crippen LogP contribution in [0.4, 0.5) is 5.69 Å². The van der Waals surface area contributed by atoms with E-state index in [1.165, 1.54) is 0 Å². The van der Waals surface area contributed by atoms with Crippen molar-refractivity contribution in [2.24, 2.45) is 0 Å². The van der Waals surface area contributed by atoms with E-state index in [9.17, 15) is 9.59 Å². The summed E-state index contributed by atoms with van der Waals surface area (Å²) in [5, 5.41) is 8.61. The fourth-order valence-electron chi connectivity index (χ4n) is 2.32. The highest BCUT2D eigenvalue weighted by Gasteiger charge is 2.42. The van der Waals surface area contributed by atoms with Crippen LogP contribution in [-0.4, -0.2) is 61.3 Å². The maximum Gasteiger partial charge on any atom is 0.329 e. The van der Waals surface area contributed by atoms with Crippen LogP contribution >= 0.6 is 0 Å². The molecular formula is C15H20N2O4. The molecule has 6 heteroatoms. The molecule has 0 bridgehead atoms. The third-order valence-electron chi connectivity index (χ3n) is 3.51. The van der Waals surface area contributed by atoms with E-state index in [2.05, 4.69) is 0 Å². The summed E-state index contributed by atoms with van der Waals surface area (Å²) >= 11 is 0. The van der Waals surface area contributed by atoms with Gasteiger partial charge >= 0.3 is 5.97 Å². The molecule has 1 saturated heterocycles. The van der Waals surface area contributed by atoms with Gasteiger partial charge in [-0.2, -0.15) is 0 Å². The first-order valence-corrected chi connectivity index (χ1v) is 6.73. The number of carbonyl (C=O) groups is 2. The van der Waals surface area contributed by atoms with Crippen LogP contribution in [0.2, 0.25) is 0 Å². The van der Waals surface area contributed by atoms with Crippen LogP contribution in [0.5, 0.6) is 0 Å². The number of rotatable bonds is 5. The lowest BCUT2D eigenvalue weighted by Gasteiger charge is -2.47. The van der Waals surface area contributed by atoms with Gasteiger partial charge in [0.1, 0.15) is 12.2 Å². The number of benzene rings is 1. The molecule has 0 radical (unpaired) electrons. The zero-order valence-electron chi connectivity index (χ0n) is 12.5. The van der Waals surface area contributed by atoms with Crippen LogP contribution < -0.4 is 4.90 Å². The van der Waals surface area contributed by atoms with Gasteiger partial charge in [-0.25, -0.2) is 4.79 Å². The molecule has 21 heavy (non-hydrogen) atoms.